The lowest BCUT2D eigenvalue weighted by molar-refractivity contribution is -0.137. The first kappa shape index (κ1) is 11.9. The predicted octanol–water partition coefficient (Wildman–Crippen LogP) is 0.548. The highest BCUT2D eigenvalue weighted by molar-refractivity contribution is 5.83. The monoisotopic (exact) mass is 212 g/mol. The molecule has 2 N–H and O–H groups in total. The van der Waals surface area contributed by atoms with Crippen molar-refractivity contribution in [2.75, 3.05) is 6.61 Å². The summed E-state index contributed by atoms with van der Waals surface area (Å²) in [5, 5.41) is 18.9. The molecule has 4 heteroatoms. The third-order valence-corrected chi connectivity index (χ3v) is 2.34. The Morgan fingerprint density at radius 3 is 2.93 bits per heavy atom. The van der Waals surface area contributed by atoms with Gasteiger partial charge in [-0.25, -0.2) is 4.79 Å². The van der Waals surface area contributed by atoms with Crippen molar-refractivity contribution < 1.29 is 19.7 Å². The van der Waals surface area contributed by atoms with Crippen molar-refractivity contribution in [3.63, 3.8) is 0 Å². The van der Waals surface area contributed by atoms with Crippen molar-refractivity contribution in [1.82, 2.24) is 0 Å². The summed E-state index contributed by atoms with van der Waals surface area (Å²) in [6, 6.07) is 0. The number of carbonyl (C=O) groups excluding carboxylic acids is 1. The Balaban J connectivity index is 2.74. The second-order valence-electron chi connectivity index (χ2n) is 3.56. The van der Waals surface area contributed by atoms with Gasteiger partial charge in [-0.3, -0.25) is 0 Å². The third kappa shape index (κ3) is 3.18. The average molecular weight is 212 g/mol. The summed E-state index contributed by atoms with van der Waals surface area (Å²) >= 11 is 0. The normalized spacial score (nSPS) is 29.3. The Morgan fingerprint density at radius 2 is 2.33 bits per heavy atom. The molecule has 0 radical (unpaired) electrons. The molecule has 1 saturated carbocycles. The van der Waals surface area contributed by atoms with E-state index in [4.69, 9.17) is 4.74 Å². The van der Waals surface area contributed by atoms with Gasteiger partial charge in [0.1, 0.15) is 0 Å². The number of ether oxygens (including phenoxy) is 1. The lowest BCUT2D eigenvalue weighted by Crippen LogP contribution is -2.27. The van der Waals surface area contributed by atoms with Gasteiger partial charge in [0.05, 0.1) is 18.8 Å². The molecular weight excluding hydrogens is 196 g/mol. The predicted molar refractivity (Wildman–Crippen MR) is 55.1 cm³/mol. The molecule has 1 fully saturated rings. The quantitative estimate of drug-likeness (QED) is 0.518. The number of esters is 1. The minimum Gasteiger partial charge on any atom is -0.463 e. The largest absolute Gasteiger partial charge is 0.463 e. The zero-order valence-corrected chi connectivity index (χ0v) is 8.77. The maximum atomic E-state index is 11.2. The molecule has 0 aromatic rings. The maximum absolute atomic E-state index is 11.2. The highest BCUT2D eigenvalue weighted by Crippen LogP contribution is 2.28. The summed E-state index contributed by atoms with van der Waals surface area (Å²) in [4.78, 5) is 11.2. The van der Waals surface area contributed by atoms with Crippen LogP contribution in [0.5, 0.6) is 0 Å². The van der Waals surface area contributed by atoms with Gasteiger partial charge in [0.2, 0.25) is 0 Å². The lowest BCUT2D eigenvalue weighted by atomic mass is 9.86. The van der Waals surface area contributed by atoms with Crippen LogP contribution in [0.4, 0.5) is 0 Å². The van der Waals surface area contributed by atoms with Crippen LogP contribution in [-0.4, -0.2) is 35.0 Å². The van der Waals surface area contributed by atoms with Crippen LogP contribution in [0, 0.1) is 0 Å². The van der Waals surface area contributed by atoms with Crippen molar-refractivity contribution in [2.45, 2.75) is 32.0 Å². The van der Waals surface area contributed by atoms with Crippen LogP contribution in [-0.2, 0) is 9.53 Å². The van der Waals surface area contributed by atoms with E-state index in [1.807, 2.05) is 0 Å². The number of aliphatic hydroxyl groups excluding tert-OH is 2. The van der Waals surface area contributed by atoms with Crippen LogP contribution in [0.15, 0.2) is 23.8 Å². The van der Waals surface area contributed by atoms with Crippen molar-refractivity contribution in [3.8, 4) is 0 Å². The minimum atomic E-state index is -0.769. The number of hydrogen-bond acceptors (Lipinski definition) is 4. The fraction of sp³-hybridized carbons (Fsp3) is 0.545. The number of aliphatic hydroxyl groups is 2. The molecule has 15 heavy (non-hydrogen) atoms. The van der Waals surface area contributed by atoms with Crippen molar-refractivity contribution in [2.24, 2.45) is 0 Å². The van der Waals surface area contributed by atoms with E-state index in [1.54, 1.807) is 6.92 Å². The van der Waals surface area contributed by atoms with Gasteiger partial charge in [0, 0.05) is 12.5 Å². The van der Waals surface area contributed by atoms with Gasteiger partial charge in [-0.05, 0) is 24.5 Å². The van der Waals surface area contributed by atoms with E-state index in [9.17, 15) is 15.0 Å². The van der Waals surface area contributed by atoms with Gasteiger partial charge >= 0.3 is 5.97 Å². The Hall–Kier alpha value is -1.13. The molecule has 0 spiro atoms. The Labute approximate surface area is 88.9 Å². The van der Waals surface area contributed by atoms with E-state index in [1.165, 1.54) is 6.08 Å². The number of carbonyl (C=O) groups is 1. The molecule has 84 valence electrons. The summed E-state index contributed by atoms with van der Waals surface area (Å²) in [6.45, 7) is 5.71. The lowest BCUT2D eigenvalue weighted by Gasteiger charge is -2.26. The first-order valence-corrected chi connectivity index (χ1v) is 4.97. The molecule has 0 saturated heterocycles. The van der Waals surface area contributed by atoms with Crippen molar-refractivity contribution in [1.29, 1.82) is 0 Å². The van der Waals surface area contributed by atoms with E-state index < -0.39 is 18.2 Å². The second kappa shape index (κ2) is 5.09. The van der Waals surface area contributed by atoms with Crippen LogP contribution in [0.25, 0.3) is 0 Å². The van der Waals surface area contributed by atoms with Gasteiger partial charge in [-0.15, -0.1) is 0 Å². The molecule has 0 aliphatic heterocycles. The Morgan fingerprint density at radius 1 is 1.67 bits per heavy atom. The Bertz CT molecular complexity index is 293. The van der Waals surface area contributed by atoms with Crippen molar-refractivity contribution >= 4 is 5.97 Å². The standard InChI is InChI=1S/C11H16O4/c1-3-15-11(14)5-8-4-9(12)6-10(13)7(8)2/h5,9-10,12-13H,2-4,6H2,1H3/b8-5+. The zero-order chi connectivity index (χ0) is 11.4. The highest BCUT2D eigenvalue weighted by atomic mass is 16.5. The van der Waals surface area contributed by atoms with Crippen LogP contribution in [0.1, 0.15) is 19.8 Å². The first-order chi connectivity index (χ1) is 7.04. The Kier molecular flexibility index (Phi) is 4.05. The molecule has 4 nitrogen and oxygen atoms in total. The number of hydrogen-bond donors (Lipinski definition) is 2. The maximum Gasteiger partial charge on any atom is 0.331 e. The summed E-state index contributed by atoms with van der Waals surface area (Å²) in [5.74, 6) is -0.463. The molecule has 1 aliphatic rings. The molecule has 2 atom stereocenters. The van der Waals surface area contributed by atoms with E-state index in [-0.39, 0.29) is 6.42 Å². The third-order valence-electron chi connectivity index (χ3n) is 2.34. The molecule has 0 heterocycles. The molecule has 0 aromatic heterocycles. The summed E-state index contributed by atoms with van der Waals surface area (Å²) in [6.07, 6.45) is 0.520. The van der Waals surface area contributed by atoms with E-state index in [0.29, 0.717) is 24.2 Å². The first-order valence-electron chi connectivity index (χ1n) is 4.97. The molecule has 0 amide bonds. The minimum absolute atomic E-state index is 0.277. The SMILES string of the molecule is C=C1/C(=C/C(=O)OCC)CC(O)CC1O. The molecular formula is C11H16O4. The van der Waals surface area contributed by atoms with E-state index >= 15 is 0 Å². The van der Waals surface area contributed by atoms with Gasteiger partial charge in [0.15, 0.2) is 0 Å². The zero-order valence-electron chi connectivity index (χ0n) is 8.77. The van der Waals surface area contributed by atoms with Crippen LogP contribution in [0.3, 0.4) is 0 Å². The smallest absolute Gasteiger partial charge is 0.331 e. The van der Waals surface area contributed by atoms with E-state index in [0.717, 1.165) is 0 Å². The van der Waals surface area contributed by atoms with Gasteiger partial charge in [-0.1, -0.05) is 6.58 Å². The molecule has 1 rings (SSSR count). The van der Waals surface area contributed by atoms with Crippen LogP contribution < -0.4 is 0 Å². The van der Waals surface area contributed by atoms with Gasteiger partial charge in [0.25, 0.3) is 0 Å². The molecule has 1 aliphatic carbocycles. The fourth-order valence-electron chi connectivity index (χ4n) is 1.56. The second-order valence-corrected chi connectivity index (χ2v) is 3.56. The summed E-state index contributed by atoms with van der Waals surface area (Å²) in [7, 11) is 0. The van der Waals surface area contributed by atoms with Crippen molar-refractivity contribution in [3.05, 3.63) is 23.8 Å². The molecule has 0 bridgehead atoms. The summed E-state index contributed by atoms with van der Waals surface area (Å²) in [5.41, 5.74) is 1.06. The average Bonchev–Trinajstić information content (AvgIpc) is 2.13. The summed E-state index contributed by atoms with van der Waals surface area (Å²) < 4.78 is 4.74. The highest BCUT2D eigenvalue weighted by Gasteiger charge is 2.25. The fourth-order valence-corrected chi connectivity index (χ4v) is 1.56. The van der Waals surface area contributed by atoms with Gasteiger partial charge in [-0.2, -0.15) is 0 Å². The van der Waals surface area contributed by atoms with Crippen LogP contribution in [0.2, 0.25) is 0 Å². The topological polar surface area (TPSA) is 66.8 Å². The molecule has 0 aromatic carbocycles. The van der Waals surface area contributed by atoms with Crippen LogP contribution >= 0.6 is 0 Å². The van der Waals surface area contributed by atoms with E-state index in [2.05, 4.69) is 6.58 Å². The van der Waals surface area contributed by atoms with Gasteiger partial charge < -0.3 is 14.9 Å². The number of rotatable bonds is 2. The molecule has 2 unspecified atom stereocenters.